The first-order chi connectivity index (χ1) is 17.0. The molecule has 1 saturated carbocycles. The molecule has 7 heteroatoms. The minimum atomic E-state index is -0.102. The summed E-state index contributed by atoms with van der Waals surface area (Å²) in [5.74, 6) is 1.39. The first-order valence-corrected chi connectivity index (χ1v) is 13.0. The third-order valence-corrected chi connectivity index (χ3v) is 7.29. The van der Waals surface area contributed by atoms with Crippen LogP contribution >= 0.6 is 12.2 Å². The number of ether oxygens (including phenoxy) is 2. The molecule has 5 rings (SSSR count). The van der Waals surface area contributed by atoms with Gasteiger partial charge in [-0.15, -0.1) is 0 Å². The number of hydrogen-bond donors (Lipinski definition) is 2. The second kappa shape index (κ2) is 10.7. The molecule has 0 spiro atoms. The smallest absolute Gasteiger partial charge is 0.253 e. The summed E-state index contributed by atoms with van der Waals surface area (Å²) in [6, 6.07) is 14.7. The zero-order valence-electron chi connectivity index (χ0n) is 20.3. The number of H-pyrrole nitrogens is 1. The van der Waals surface area contributed by atoms with E-state index in [2.05, 4.69) is 46.4 Å². The molecule has 0 saturated heterocycles. The van der Waals surface area contributed by atoms with Crippen LogP contribution in [-0.4, -0.2) is 40.8 Å². The van der Waals surface area contributed by atoms with Crippen LogP contribution in [0.2, 0.25) is 0 Å². The molecule has 6 nitrogen and oxygen atoms in total. The fraction of sp³-hybridized carbons (Fsp3) is 0.429. The van der Waals surface area contributed by atoms with Gasteiger partial charge in [-0.1, -0.05) is 49.1 Å². The third kappa shape index (κ3) is 5.78. The van der Waals surface area contributed by atoms with Crippen molar-refractivity contribution >= 4 is 28.2 Å². The number of hydrogen-bond acceptors (Lipinski definition) is 4. The lowest BCUT2D eigenvalue weighted by molar-refractivity contribution is 0.172. The maximum Gasteiger partial charge on any atom is 0.253 e. The lowest BCUT2D eigenvalue weighted by atomic mass is 9.96. The van der Waals surface area contributed by atoms with Crippen molar-refractivity contribution in [1.29, 1.82) is 0 Å². The Morgan fingerprint density at radius 3 is 2.63 bits per heavy atom. The molecule has 0 bridgehead atoms. The van der Waals surface area contributed by atoms with E-state index in [1.807, 2.05) is 18.2 Å². The molecule has 1 aromatic heterocycles. The van der Waals surface area contributed by atoms with E-state index >= 15 is 0 Å². The maximum atomic E-state index is 13.1. The highest BCUT2D eigenvalue weighted by Gasteiger charge is 2.20. The van der Waals surface area contributed by atoms with Crippen molar-refractivity contribution in [1.82, 2.24) is 15.2 Å². The van der Waals surface area contributed by atoms with Crippen LogP contribution in [0, 0.1) is 6.92 Å². The van der Waals surface area contributed by atoms with Gasteiger partial charge < -0.3 is 24.7 Å². The molecule has 35 heavy (non-hydrogen) atoms. The Balaban J connectivity index is 1.39. The van der Waals surface area contributed by atoms with Crippen LogP contribution < -0.4 is 20.3 Å². The lowest BCUT2D eigenvalue weighted by Gasteiger charge is -2.31. The van der Waals surface area contributed by atoms with Gasteiger partial charge in [-0.05, 0) is 56.1 Å². The molecule has 0 unspecified atom stereocenters. The van der Waals surface area contributed by atoms with Gasteiger partial charge in [0, 0.05) is 29.6 Å². The van der Waals surface area contributed by atoms with Gasteiger partial charge in [0.15, 0.2) is 16.6 Å². The van der Waals surface area contributed by atoms with Crippen molar-refractivity contribution in [2.45, 2.75) is 58.0 Å². The molecular formula is C28H33N3O3S. The monoisotopic (exact) mass is 491 g/mol. The van der Waals surface area contributed by atoms with Crippen LogP contribution in [0.3, 0.4) is 0 Å². The quantitative estimate of drug-likeness (QED) is 0.480. The SMILES string of the molecule is Cc1cccc(CCN(Cc2cc3cc4c(cc3[nH]c2=O)OCCO4)C(=S)NC2CCCCC2)c1. The van der Waals surface area contributed by atoms with Crippen LogP contribution in [0.5, 0.6) is 11.5 Å². The molecule has 184 valence electrons. The van der Waals surface area contributed by atoms with Crippen molar-refractivity contribution in [3.63, 3.8) is 0 Å². The Morgan fingerprint density at radius 2 is 1.86 bits per heavy atom. The molecule has 3 aromatic rings. The number of pyridine rings is 1. The second-order valence-electron chi connectivity index (χ2n) is 9.65. The Morgan fingerprint density at radius 1 is 1.09 bits per heavy atom. The van der Waals surface area contributed by atoms with Gasteiger partial charge in [0.25, 0.3) is 5.56 Å². The summed E-state index contributed by atoms with van der Waals surface area (Å²) in [6.45, 7) is 4.34. The van der Waals surface area contributed by atoms with E-state index in [0.29, 0.717) is 42.9 Å². The summed E-state index contributed by atoms with van der Waals surface area (Å²) in [4.78, 5) is 18.2. The predicted octanol–water partition coefficient (Wildman–Crippen LogP) is 4.86. The third-order valence-electron chi connectivity index (χ3n) is 6.92. The highest BCUT2D eigenvalue weighted by molar-refractivity contribution is 7.80. The Labute approximate surface area is 211 Å². The summed E-state index contributed by atoms with van der Waals surface area (Å²) in [5, 5.41) is 5.25. The number of rotatable bonds is 6. The molecule has 2 aromatic carbocycles. The highest BCUT2D eigenvalue weighted by atomic mass is 32.1. The molecule has 2 N–H and O–H groups in total. The number of thiocarbonyl (C=S) groups is 1. The van der Waals surface area contributed by atoms with Gasteiger partial charge in [-0.25, -0.2) is 0 Å². The number of aryl methyl sites for hydroxylation is 1. The Bertz CT molecular complexity index is 1270. The fourth-order valence-corrected chi connectivity index (χ4v) is 5.33. The van der Waals surface area contributed by atoms with E-state index in [1.54, 1.807) is 0 Å². The van der Waals surface area contributed by atoms with Gasteiger partial charge in [-0.2, -0.15) is 0 Å². The number of benzene rings is 2. The van der Waals surface area contributed by atoms with Gasteiger partial charge in [-0.3, -0.25) is 4.79 Å². The van der Waals surface area contributed by atoms with Gasteiger partial charge in [0.05, 0.1) is 12.1 Å². The lowest BCUT2D eigenvalue weighted by Crippen LogP contribution is -2.46. The summed E-state index contributed by atoms with van der Waals surface area (Å²) in [7, 11) is 0. The van der Waals surface area contributed by atoms with Gasteiger partial charge in [0.1, 0.15) is 13.2 Å². The first kappa shape index (κ1) is 23.7. The molecule has 1 fully saturated rings. The molecular weight excluding hydrogens is 458 g/mol. The average Bonchev–Trinajstić information content (AvgIpc) is 2.86. The highest BCUT2D eigenvalue weighted by Crippen LogP contribution is 2.33. The number of fused-ring (bicyclic) bond motifs is 2. The number of nitrogens with one attached hydrogen (secondary N) is 2. The number of nitrogens with zero attached hydrogens (tertiary/aromatic N) is 1. The molecule has 2 aliphatic rings. The van der Waals surface area contributed by atoms with E-state index < -0.39 is 0 Å². The summed E-state index contributed by atoms with van der Waals surface area (Å²) >= 11 is 5.88. The molecule has 1 aliphatic carbocycles. The molecule has 0 radical (unpaired) electrons. The molecule has 0 amide bonds. The Hall–Kier alpha value is -3.06. The minimum absolute atomic E-state index is 0.102. The Kier molecular flexibility index (Phi) is 7.23. The number of aromatic amines is 1. The molecule has 2 heterocycles. The molecule has 0 atom stereocenters. The molecule has 1 aliphatic heterocycles. The fourth-order valence-electron chi connectivity index (χ4n) is 5.01. The van der Waals surface area contributed by atoms with Gasteiger partial charge in [0.2, 0.25) is 0 Å². The van der Waals surface area contributed by atoms with Crippen molar-refractivity contribution < 1.29 is 9.47 Å². The average molecular weight is 492 g/mol. The van der Waals surface area contributed by atoms with Crippen molar-refractivity contribution in [3.05, 3.63) is 69.5 Å². The van der Waals surface area contributed by atoms with E-state index in [0.717, 1.165) is 41.8 Å². The summed E-state index contributed by atoms with van der Waals surface area (Å²) in [5.41, 5.74) is 3.85. The van der Waals surface area contributed by atoms with E-state index in [9.17, 15) is 4.79 Å². The topological polar surface area (TPSA) is 66.6 Å². The predicted molar refractivity (Wildman–Crippen MR) is 143 cm³/mol. The van der Waals surface area contributed by atoms with Crippen molar-refractivity contribution in [2.24, 2.45) is 0 Å². The summed E-state index contributed by atoms with van der Waals surface area (Å²) < 4.78 is 11.4. The van der Waals surface area contributed by atoms with Crippen LogP contribution in [0.25, 0.3) is 10.9 Å². The van der Waals surface area contributed by atoms with Crippen LogP contribution in [0.4, 0.5) is 0 Å². The van der Waals surface area contributed by atoms with Crippen LogP contribution in [-0.2, 0) is 13.0 Å². The first-order valence-electron chi connectivity index (χ1n) is 12.6. The van der Waals surface area contributed by atoms with Crippen molar-refractivity contribution in [3.8, 4) is 11.5 Å². The minimum Gasteiger partial charge on any atom is -0.486 e. The maximum absolute atomic E-state index is 13.1. The largest absolute Gasteiger partial charge is 0.486 e. The van der Waals surface area contributed by atoms with E-state index in [1.165, 1.54) is 30.4 Å². The number of aromatic nitrogens is 1. The van der Waals surface area contributed by atoms with E-state index in [4.69, 9.17) is 21.7 Å². The zero-order valence-corrected chi connectivity index (χ0v) is 21.1. The van der Waals surface area contributed by atoms with Crippen molar-refractivity contribution in [2.75, 3.05) is 19.8 Å². The second-order valence-corrected chi connectivity index (χ2v) is 10.0. The van der Waals surface area contributed by atoms with Gasteiger partial charge >= 0.3 is 0 Å². The standard InChI is InChI=1S/C28H33N3O3S/c1-19-6-5-7-20(14-19)10-11-31(28(35)29-23-8-3-2-4-9-23)18-22-15-21-16-25-26(34-13-12-33-25)17-24(21)30-27(22)32/h5-7,14-17,23H,2-4,8-13,18H2,1H3,(H,29,35)(H,30,32). The zero-order chi connectivity index (χ0) is 24.2. The normalized spacial score (nSPS) is 15.7. The van der Waals surface area contributed by atoms with Crippen LogP contribution in [0.15, 0.2) is 47.3 Å². The van der Waals surface area contributed by atoms with Crippen LogP contribution in [0.1, 0.15) is 48.8 Å². The van der Waals surface area contributed by atoms with E-state index in [-0.39, 0.29) is 5.56 Å². The summed E-state index contributed by atoms with van der Waals surface area (Å²) in [6.07, 6.45) is 6.94.